The molecule has 1 heterocycles. The molecule has 0 amide bonds. The molecular formula is C12H16N2. The summed E-state index contributed by atoms with van der Waals surface area (Å²) in [6.07, 6.45) is 1.04. The molecule has 0 spiro atoms. The summed E-state index contributed by atoms with van der Waals surface area (Å²) >= 11 is 0. The fourth-order valence-corrected chi connectivity index (χ4v) is 1.95. The van der Waals surface area contributed by atoms with Gasteiger partial charge in [-0.1, -0.05) is 25.1 Å². The van der Waals surface area contributed by atoms with E-state index in [0.29, 0.717) is 0 Å². The summed E-state index contributed by atoms with van der Waals surface area (Å²) in [4.78, 5) is 5.63. The van der Waals surface area contributed by atoms with Crippen LogP contribution in [0, 0.1) is 0 Å². The molecule has 1 aromatic carbocycles. The van der Waals surface area contributed by atoms with Crippen molar-refractivity contribution >= 4 is 16.6 Å². The number of hydrogen-bond donors (Lipinski definition) is 1. The number of nitrogens with zero attached hydrogens (tertiary/aromatic N) is 1. The Morgan fingerprint density at radius 2 is 1.93 bits per heavy atom. The molecule has 1 N–H and O–H groups in total. The molecule has 0 unspecified atom stereocenters. The van der Waals surface area contributed by atoms with Gasteiger partial charge in [-0.25, -0.2) is 0 Å². The van der Waals surface area contributed by atoms with Crippen molar-refractivity contribution in [2.24, 2.45) is 0 Å². The van der Waals surface area contributed by atoms with Gasteiger partial charge >= 0.3 is 0 Å². The van der Waals surface area contributed by atoms with Crippen molar-refractivity contribution in [2.75, 3.05) is 19.0 Å². The summed E-state index contributed by atoms with van der Waals surface area (Å²) in [5, 5.41) is 1.31. The van der Waals surface area contributed by atoms with Crippen LogP contribution in [0.5, 0.6) is 0 Å². The average molecular weight is 188 g/mol. The summed E-state index contributed by atoms with van der Waals surface area (Å²) in [5.41, 5.74) is 3.87. The van der Waals surface area contributed by atoms with Crippen LogP contribution in [-0.2, 0) is 6.42 Å². The molecular weight excluding hydrogens is 172 g/mol. The number of benzene rings is 1. The standard InChI is InChI=1S/C12H16N2/c1-4-10-12(14(2)3)9-7-5-6-8-11(9)13-10/h5-8,13H,4H2,1-3H3. The second-order valence-corrected chi connectivity index (χ2v) is 3.75. The predicted molar refractivity (Wildman–Crippen MR) is 62.0 cm³/mol. The number of para-hydroxylation sites is 1. The smallest absolute Gasteiger partial charge is 0.0651 e. The molecule has 0 aliphatic heterocycles. The van der Waals surface area contributed by atoms with Gasteiger partial charge in [-0.05, 0) is 12.5 Å². The number of hydrogen-bond acceptors (Lipinski definition) is 1. The van der Waals surface area contributed by atoms with E-state index in [2.05, 4.69) is 55.2 Å². The maximum atomic E-state index is 3.45. The largest absolute Gasteiger partial charge is 0.376 e. The fourth-order valence-electron chi connectivity index (χ4n) is 1.95. The maximum absolute atomic E-state index is 3.45. The van der Waals surface area contributed by atoms with Crippen molar-refractivity contribution in [3.05, 3.63) is 30.0 Å². The van der Waals surface area contributed by atoms with Crippen LogP contribution >= 0.6 is 0 Å². The maximum Gasteiger partial charge on any atom is 0.0651 e. The van der Waals surface area contributed by atoms with Crippen molar-refractivity contribution in [3.8, 4) is 0 Å². The molecule has 2 heteroatoms. The van der Waals surface area contributed by atoms with Gasteiger partial charge in [-0.2, -0.15) is 0 Å². The van der Waals surface area contributed by atoms with Crippen LogP contribution < -0.4 is 4.90 Å². The van der Waals surface area contributed by atoms with Gasteiger partial charge in [0.2, 0.25) is 0 Å². The third-order valence-corrected chi connectivity index (χ3v) is 2.55. The Hall–Kier alpha value is -1.44. The first-order chi connectivity index (χ1) is 6.74. The second kappa shape index (κ2) is 3.37. The minimum atomic E-state index is 1.04. The van der Waals surface area contributed by atoms with Gasteiger partial charge in [0.15, 0.2) is 0 Å². The van der Waals surface area contributed by atoms with E-state index in [9.17, 15) is 0 Å². The number of rotatable bonds is 2. The average Bonchev–Trinajstić information content (AvgIpc) is 2.55. The van der Waals surface area contributed by atoms with Crippen LogP contribution in [0.25, 0.3) is 10.9 Å². The Morgan fingerprint density at radius 3 is 2.57 bits per heavy atom. The Labute approximate surface area is 84.5 Å². The van der Waals surface area contributed by atoms with Crippen LogP contribution in [-0.4, -0.2) is 19.1 Å². The van der Waals surface area contributed by atoms with Gasteiger partial charge in [0.05, 0.1) is 5.69 Å². The highest BCUT2D eigenvalue weighted by molar-refractivity contribution is 5.94. The lowest BCUT2D eigenvalue weighted by Gasteiger charge is -2.13. The molecule has 74 valence electrons. The van der Waals surface area contributed by atoms with E-state index in [1.54, 1.807) is 0 Å². The molecule has 2 aromatic rings. The zero-order chi connectivity index (χ0) is 10.1. The van der Waals surface area contributed by atoms with Crippen molar-refractivity contribution in [3.63, 3.8) is 0 Å². The number of aryl methyl sites for hydroxylation is 1. The highest BCUT2D eigenvalue weighted by Crippen LogP contribution is 2.29. The van der Waals surface area contributed by atoms with Gasteiger partial charge in [0.1, 0.15) is 0 Å². The summed E-state index contributed by atoms with van der Waals surface area (Å²) in [5.74, 6) is 0. The van der Waals surface area contributed by atoms with E-state index >= 15 is 0 Å². The van der Waals surface area contributed by atoms with Crippen molar-refractivity contribution < 1.29 is 0 Å². The lowest BCUT2D eigenvalue weighted by molar-refractivity contribution is 1.03. The van der Waals surface area contributed by atoms with Crippen molar-refractivity contribution in [1.29, 1.82) is 0 Å². The topological polar surface area (TPSA) is 19.0 Å². The van der Waals surface area contributed by atoms with Crippen molar-refractivity contribution in [1.82, 2.24) is 4.98 Å². The van der Waals surface area contributed by atoms with Gasteiger partial charge in [-0.15, -0.1) is 0 Å². The molecule has 1 aromatic heterocycles. The Bertz CT molecular complexity index is 441. The summed E-state index contributed by atoms with van der Waals surface area (Å²) in [6, 6.07) is 8.45. The first-order valence-electron chi connectivity index (χ1n) is 5.01. The molecule has 0 aliphatic carbocycles. The zero-order valence-electron chi connectivity index (χ0n) is 8.96. The Balaban J connectivity index is 2.74. The lowest BCUT2D eigenvalue weighted by Crippen LogP contribution is -2.10. The van der Waals surface area contributed by atoms with Crippen molar-refractivity contribution in [2.45, 2.75) is 13.3 Å². The molecule has 0 aliphatic rings. The molecule has 0 atom stereocenters. The summed E-state index contributed by atoms with van der Waals surface area (Å²) in [7, 11) is 4.18. The summed E-state index contributed by atoms with van der Waals surface area (Å²) < 4.78 is 0. The molecule has 0 fully saturated rings. The minimum absolute atomic E-state index is 1.04. The van der Waals surface area contributed by atoms with Gasteiger partial charge in [0.25, 0.3) is 0 Å². The highest BCUT2D eigenvalue weighted by atomic mass is 15.1. The number of fused-ring (bicyclic) bond motifs is 1. The van der Waals surface area contributed by atoms with Crippen LogP contribution in [0.2, 0.25) is 0 Å². The normalized spacial score (nSPS) is 10.8. The number of aromatic nitrogens is 1. The zero-order valence-corrected chi connectivity index (χ0v) is 8.96. The highest BCUT2D eigenvalue weighted by Gasteiger charge is 2.10. The molecule has 2 nitrogen and oxygen atoms in total. The van der Waals surface area contributed by atoms with E-state index in [4.69, 9.17) is 0 Å². The summed E-state index contributed by atoms with van der Waals surface area (Å²) in [6.45, 7) is 2.18. The number of nitrogens with one attached hydrogen (secondary N) is 1. The first kappa shape index (κ1) is 9.13. The molecule has 14 heavy (non-hydrogen) atoms. The van der Waals surface area contributed by atoms with Crippen LogP contribution in [0.1, 0.15) is 12.6 Å². The third kappa shape index (κ3) is 1.27. The lowest BCUT2D eigenvalue weighted by atomic mass is 10.2. The number of aromatic amines is 1. The van der Waals surface area contributed by atoms with E-state index < -0.39 is 0 Å². The third-order valence-electron chi connectivity index (χ3n) is 2.55. The molecule has 2 rings (SSSR count). The molecule has 0 radical (unpaired) electrons. The quantitative estimate of drug-likeness (QED) is 0.767. The van der Waals surface area contributed by atoms with E-state index in [0.717, 1.165) is 6.42 Å². The van der Waals surface area contributed by atoms with Gasteiger partial charge in [-0.3, -0.25) is 0 Å². The van der Waals surface area contributed by atoms with Crippen LogP contribution in [0.3, 0.4) is 0 Å². The molecule has 0 bridgehead atoms. The molecule has 0 saturated heterocycles. The molecule has 0 saturated carbocycles. The fraction of sp³-hybridized carbons (Fsp3) is 0.333. The minimum Gasteiger partial charge on any atom is -0.376 e. The van der Waals surface area contributed by atoms with E-state index in [-0.39, 0.29) is 0 Å². The Kier molecular flexibility index (Phi) is 2.20. The number of H-pyrrole nitrogens is 1. The Morgan fingerprint density at radius 1 is 1.21 bits per heavy atom. The monoisotopic (exact) mass is 188 g/mol. The van der Waals surface area contributed by atoms with E-state index in [1.807, 2.05) is 0 Å². The van der Waals surface area contributed by atoms with Crippen LogP contribution in [0.4, 0.5) is 5.69 Å². The van der Waals surface area contributed by atoms with E-state index in [1.165, 1.54) is 22.3 Å². The second-order valence-electron chi connectivity index (χ2n) is 3.75. The number of anilines is 1. The van der Waals surface area contributed by atoms with Gasteiger partial charge < -0.3 is 9.88 Å². The SMILES string of the molecule is CCc1[nH]c2ccccc2c1N(C)C. The van der Waals surface area contributed by atoms with Crippen LogP contribution in [0.15, 0.2) is 24.3 Å². The first-order valence-corrected chi connectivity index (χ1v) is 5.01. The van der Waals surface area contributed by atoms with Gasteiger partial charge in [0, 0.05) is 30.7 Å². The predicted octanol–water partition coefficient (Wildman–Crippen LogP) is 2.80.